The zero-order chi connectivity index (χ0) is 13.8. The molecule has 0 aliphatic heterocycles. The maximum atomic E-state index is 11.9. The van der Waals surface area contributed by atoms with Crippen LogP contribution in [0.4, 0.5) is 0 Å². The summed E-state index contributed by atoms with van der Waals surface area (Å²) in [4.78, 5) is 0.204. The lowest BCUT2D eigenvalue weighted by atomic mass is 10.1. The van der Waals surface area contributed by atoms with E-state index in [9.17, 15) is 8.42 Å². The molecule has 1 aromatic rings. The lowest BCUT2D eigenvalue weighted by Gasteiger charge is -2.19. The molecule has 0 spiro atoms. The first-order valence-corrected chi connectivity index (χ1v) is 7.24. The van der Waals surface area contributed by atoms with Crippen LogP contribution in [0.2, 0.25) is 0 Å². The van der Waals surface area contributed by atoms with Crippen LogP contribution < -0.4 is 15.2 Å². The predicted molar refractivity (Wildman–Crippen MR) is 78.3 cm³/mol. The van der Waals surface area contributed by atoms with Crippen molar-refractivity contribution in [3.63, 3.8) is 0 Å². The summed E-state index contributed by atoms with van der Waals surface area (Å²) in [6.07, 6.45) is 0. The van der Waals surface area contributed by atoms with Gasteiger partial charge in [-0.15, -0.1) is 12.4 Å². The molecule has 0 saturated carbocycles. The van der Waals surface area contributed by atoms with Gasteiger partial charge in [0.25, 0.3) is 0 Å². The molecule has 0 aliphatic rings. The number of halogens is 1. The van der Waals surface area contributed by atoms with E-state index in [1.54, 1.807) is 26.0 Å². The maximum Gasteiger partial charge on any atom is 0.240 e. The monoisotopic (exact) mass is 308 g/mol. The topological polar surface area (TPSA) is 81.4 Å². The van der Waals surface area contributed by atoms with Gasteiger partial charge in [0.05, 0.1) is 11.5 Å². The van der Waals surface area contributed by atoms with Gasteiger partial charge in [-0.2, -0.15) is 0 Å². The van der Waals surface area contributed by atoms with E-state index in [-0.39, 0.29) is 23.8 Å². The first kappa shape index (κ1) is 18.2. The zero-order valence-electron chi connectivity index (χ0n) is 11.3. The molecular weight excluding hydrogens is 288 g/mol. The van der Waals surface area contributed by atoms with Crippen LogP contribution >= 0.6 is 12.4 Å². The predicted octanol–water partition coefficient (Wildman–Crippen LogP) is 1.52. The molecule has 7 heteroatoms. The molecule has 3 N–H and O–H groups in total. The Bertz CT molecular complexity index is 481. The molecule has 0 radical (unpaired) electrons. The third-order valence-corrected chi connectivity index (χ3v) is 3.58. The fourth-order valence-corrected chi connectivity index (χ4v) is 2.47. The highest BCUT2D eigenvalue weighted by Gasteiger charge is 2.18. The Balaban J connectivity index is 0.00000324. The van der Waals surface area contributed by atoms with Crippen molar-refractivity contribution in [3.8, 4) is 5.75 Å². The van der Waals surface area contributed by atoms with Crippen molar-refractivity contribution < 1.29 is 13.2 Å². The largest absolute Gasteiger partial charge is 0.494 e. The summed E-state index contributed by atoms with van der Waals surface area (Å²) < 4.78 is 31.6. The highest BCUT2D eigenvalue weighted by molar-refractivity contribution is 7.89. The Hall–Kier alpha value is -0.820. The maximum absolute atomic E-state index is 11.9. The molecule has 1 rings (SSSR count). The standard InChI is InChI=1S/C12H20N2O3S.ClH/c1-4-17-10-5-7-11(8-6-10)18(15,16)14-9-12(2,3)13;/h5-8,14H,4,9,13H2,1-3H3;1H. The third-order valence-electron chi connectivity index (χ3n) is 2.16. The second-order valence-electron chi connectivity index (χ2n) is 4.72. The normalized spacial score (nSPS) is 11.8. The number of ether oxygens (including phenoxy) is 1. The van der Waals surface area contributed by atoms with Crippen LogP contribution in [-0.2, 0) is 10.0 Å². The minimum absolute atomic E-state index is 0. The second kappa shape index (κ2) is 7.09. The average molecular weight is 309 g/mol. The molecule has 1 aromatic carbocycles. The minimum atomic E-state index is -3.51. The van der Waals surface area contributed by atoms with Gasteiger partial charge in [0.2, 0.25) is 10.0 Å². The SMILES string of the molecule is CCOc1ccc(S(=O)(=O)NCC(C)(C)N)cc1.Cl. The van der Waals surface area contributed by atoms with E-state index >= 15 is 0 Å². The van der Waals surface area contributed by atoms with Gasteiger partial charge in [-0.1, -0.05) is 0 Å². The Labute approximate surface area is 121 Å². The van der Waals surface area contributed by atoms with Gasteiger partial charge < -0.3 is 10.5 Å². The molecule has 19 heavy (non-hydrogen) atoms. The van der Waals surface area contributed by atoms with Gasteiger partial charge in [0, 0.05) is 12.1 Å². The number of nitrogens with one attached hydrogen (secondary N) is 1. The van der Waals surface area contributed by atoms with Crippen LogP contribution in [0.5, 0.6) is 5.75 Å². The Morgan fingerprint density at radius 2 is 1.79 bits per heavy atom. The zero-order valence-corrected chi connectivity index (χ0v) is 13.0. The number of hydrogen-bond donors (Lipinski definition) is 2. The Kier molecular flexibility index (Phi) is 6.79. The molecule has 0 unspecified atom stereocenters. The van der Waals surface area contributed by atoms with Gasteiger partial charge in [0.1, 0.15) is 5.75 Å². The lowest BCUT2D eigenvalue weighted by molar-refractivity contribution is 0.340. The molecule has 5 nitrogen and oxygen atoms in total. The van der Waals surface area contributed by atoms with Crippen molar-refractivity contribution in [1.29, 1.82) is 0 Å². The molecule has 0 fully saturated rings. The van der Waals surface area contributed by atoms with E-state index in [4.69, 9.17) is 10.5 Å². The first-order valence-electron chi connectivity index (χ1n) is 5.76. The van der Waals surface area contributed by atoms with Crippen LogP contribution in [-0.4, -0.2) is 27.1 Å². The average Bonchev–Trinajstić information content (AvgIpc) is 2.27. The molecule has 0 heterocycles. The third kappa shape index (κ3) is 6.24. The molecule has 0 amide bonds. The van der Waals surface area contributed by atoms with Gasteiger partial charge in [-0.25, -0.2) is 13.1 Å². The number of nitrogens with two attached hydrogens (primary N) is 1. The van der Waals surface area contributed by atoms with Gasteiger partial charge >= 0.3 is 0 Å². The van der Waals surface area contributed by atoms with E-state index in [0.29, 0.717) is 12.4 Å². The molecule has 0 bridgehead atoms. The van der Waals surface area contributed by atoms with Crippen molar-refractivity contribution in [3.05, 3.63) is 24.3 Å². The van der Waals surface area contributed by atoms with E-state index in [1.807, 2.05) is 6.92 Å². The summed E-state index contributed by atoms with van der Waals surface area (Å²) >= 11 is 0. The molecule has 110 valence electrons. The summed E-state index contributed by atoms with van der Waals surface area (Å²) in [5.74, 6) is 0.649. The fourth-order valence-electron chi connectivity index (χ4n) is 1.25. The molecular formula is C12H21ClN2O3S. The van der Waals surface area contributed by atoms with E-state index < -0.39 is 15.6 Å². The number of hydrogen-bond acceptors (Lipinski definition) is 4. The highest BCUT2D eigenvalue weighted by Crippen LogP contribution is 2.15. The molecule has 0 aromatic heterocycles. The van der Waals surface area contributed by atoms with Crippen molar-refractivity contribution in [2.24, 2.45) is 5.73 Å². The minimum Gasteiger partial charge on any atom is -0.494 e. The summed E-state index contributed by atoms with van der Waals surface area (Å²) in [6.45, 7) is 6.12. The summed E-state index contributed by atoms with van der Waals surface area (Å²) in [7, 11) is -3.51. The summed E-state index contributed by atoms with van der Waals surface area (Å²) in [5, 5.41) is 0. The van der Waals surface area contributed by atoms with Gasteiger partial charge in [-0.05, 0) is 45.0 Å². The van der Waals surface area contributed by atoms with Crippen molar-refractivity contribution in [1.82, 2.24) is 4.72 Å². The summed E-state index contributed by atoms with van der Waals surface area (Å²) in [6, 6.07) is 6.28. The second-order valence-corrected chi connectivity index (χ2v) is 6.48. The Morgan fingerprint density at radius 1 is 1.26 bits per heavy atom. The van der Waals surface area contributed by atoms with Crippen LogP contribution in [0.25, 0.3) is 0 Å². The quantitative estimate of drug-likeness (QED) is 0.835. The first-order chi connectivity index (χ1) is 8.24. The highest BCUT2D eigenvalue weighted by atomic mass is 35.5. The van der Waals surface area contributed by atoms with E-state index in [2.05, 4.69) is 4.72 Å². The van der Waals surface area contributed by atoms with Crippen LogP contribution in [0, 0.1) is 0 Å². The summed E-state index contributed by atoms with van der Waals surface area (Å²) in [5.41, 5.74) is 5.15. The lowest BCUT2D eigenvalue weighted by Crippen LogP contribution is -2.45. The van der Waals surface area contributed by atoms with Crippen molar-refractivity contribution >= 4 is 22.4 Å². The number of rotatable bonds is 6. The molecule has 0 aliphatic carbocycles. The van der Waals surface area contributed by atoms with Crippen molar-refractivity contribution in [2.45, 2.75) is 31.2 Å². The number of benzene rings is 1. The van der Waals surface area contributed by atoms with Gasteiger partial charge in [0.15, 0.2) is 0 Å². The van der Waals surface area contributed by atoms with Crippen LogP contribution in [0.1, 0.15) is 20.8 Å². The smallest absolute Gasteiger partial charge is 0.240 e. The van der Waals surface area contributed by atoms with Crippen LogP contribution in [0.3, 0.4) is 0 Å². The fraction of sp³-hybridized carbons (Fsp3) is 0.500. The van der Waals surface area contributed by atoms with Crippen LogP contribution in [0.15, 0.2) is 29.2 Å². The number of sulfonamides is 1. The molecule has 0 saturated heterocycles. The van der Waals surface area contributed by atoms with Gasteiger partial charge in [-0.3, -0.25) is 0 Å². The Morgan fingerprint density at radius 3 is 2.21 bits per heavy atom. The van der Waals surface area contributed by atoms with E-state index in [1.165, 1.54) is 12.1 Å². The molecule has 0 atom stereocenters. The van der Waals surface area contributed by atoms with Crippen molar-refractivity contribution in [2.75, 3.05) is 13.2 Å². The van der Waals surface area contributed by atoms with E-state index in [0.717, 1.165) is 0 Å².